The van der Waals surface area contributed by atoms with Crippen LogP contribution in [0.3, 0.4) is 0 Å². The minimum absolute atomic E-state index is 0.213. The quantitative estimate of drug-likeness (QED) is 0.519. The summed E-state index contributed by atoms with van der Waals surface area (Å²) < 4.78 is 22.0. The summed E-state index contributed by atoms with van der Waals surface area (Å²) in [5.74, 6) is 1.34. The molecule has 1 aliphatic rings. The van der Waals surface area contributed by atoms with E-state index in [1.165, 1.54) is 7.11 Å². The first-order valence-corrected chi connectivity index (χ1v) is 8.54. The lowest BCUT2D eigenvalue weighted by molar-refractivity contribution is -0.135. The summed E-state index contributed by atoms with van der Waals surface area (Å²) in [5.41, 5.74) is 2.66. The number of hydrogen-bond donors (Lipinski definition) is 0. The number of rotatable bonds is 4. The Labute approximate surface area is 156 Å². The smallest absolute Gasteiger partial charge is 0.312 e. The number of ether oxygens (including phenoxy) is 4. The Morgan fingerprint density at radius 1 is 1.04 bits per heavy atom. The maximum Gasteiger partial charge on any atom is 0.312 e. The topological polar surface area (TPSA) is 66.9 Å². The van der Waals surface area contributed by atoms with Crippen LogP contribution < -0.4 is 18.9 Å². The van der Waals surface area contributed by atoms with Gasteiger partial charge in [-0.25, -0.2) is 0 Å². The lowest BCUT2D eigenvalue weighted by atomic mass is 9.85. The van der Waals surface area contributed by atoms with Crippen LogP contribution >= 0.6 is 0 Å². The Bertz CT molecular complexity index is 1030. The standard InChI is InChI=1S/C21H19NO5/c1-24-17-11-16-19(21(26-3)20(17)25-2)14(10-18(23)27-16)12-6-7-15-13(9-12)5-4-8-22-15/h4-9,11,14H,10H2,1-3H3/t14-/m0/s1. The summed E-state index contributed by atoms with van der Waals surface area (Å²) in [7, 11) is 4.65. The largest absolute Gasteiger partial charge is 0.493 e. The van der Waals surface area contributed by atoms with Crippen molar-refractivity contribution in [3.05, 3.63) is 53.7 Å². The first-order valence-electron chi connectivity index (χ1n) is 8.54. The molecule has 0 spiro atoms. The molecular formula is C21H19NO5. The molecule has 0 saturated heterocycles. The molecule has 6 heteroatoms. The van der Waals surface area contributed by atoms with Gasteiger partial charge in [-0.05, 0) is 23.8 Å². The zero-order chi connectivity index (χ0) is 19.0. The van der Waals surface area contributed by atoms with Crippen LogP contribution in [0.1, 0.15) is 23.5 Å². The van der Waals surface area contributed by atoms with Crippen molar-refractivity contribution < 1.29 is 23.7 Å². The highest BCUT2D eigenvalue weighted by molar-refractivity contribution is 5.83. The van der Waals surface area contributed by atoms with Crippen LogP contribution in [0.15, 0.2) is 42.6 Å². The molecule has 4 rings (SSSR count). The highest BCUT2D eigenvalue weighted by Crippen LogP contribution is 2.52. The van der Waals surface area contributed by atoms with E-state index in [4.69, 9.17) is 18.9 Å². The van der Waals surface area contributed by atoms with E-state index < -0.39 is 0 Å². The van der Waals surface area contributed by atoms with Gasteiger partial charge in [-0.15, -0.1) is 0 Å². The summed E-state index contributed by atoms with van der Waals surface area (Å²) in [5, 5.41) is 1.01. The molecule has 1 aromatic heterocycles. The Balaban J connectivity index is 1.94. The van der Waals surface area contributed by atoms with Crippen LogP contribution in [0, 0.1) is 0 Å². The third kappa shape index (κ3) is 2.83. The molecule has 2 heterocycles. The van der Waals surface area contributed by atoms with Gasteiger partial charge in [-0.3, -0.25) is 9.78 Å². The molecule has 6 nitrogen and oxygen atoms in total. The van der Waals surface area contributed by atoms with E-state index in [0.717, 1.165) is 22.0 Å². The molecule has 0 unspecified atom stereocenters. The average molecular weight is 365 g/mol. The monoisotopic (exact) mass is 365 g/mol. The first kappa shape index (κ1) is 17.1. The van der Waals surface area contributed by atoms with Crippen LogP contribution in [-0.4, -0.2) is 32.3 Å². The number of pyridine rings is 1. The third-order valence-corrected chi connectivity index (χ3v) is 4.80. The Hall–Kier alpha value is -3.28. The highest BCUT2D eigenvalue weighted by atomic mass is 16.5. The van der Waals surface area contributed by atoms with E-state index >= 15 is 0 Å². The number of nitrogens with zero attached hydrogens (tertiary/aromatic N) is 1. The van der Waals surface area contributed by atoms with Gasteiger partial charge >= 0.3 is 5.97 Å². The lowest BCUT2D eigenvalue weighted by Crippen LogP contribution is -2.22. The predicted molar refractivity (Wildman–Crippen MR) is 99.9 cm³/mol. The molecule has 27 heavy (non-hydrogen) atoms. The minimum Gasteiger partial charge on any atom is -0.493 e. The average Bonchev–Trinajstić information content (AvgIpc) is 2.71. The number of fused-ring (bicyclic) bond motifs is 2. The number of aromatic nitrogens is 1. The van der Waals surface area contributed by atoms with E-state index in [1.54, 1.807) is 26.5 Å². The summed E-state index contributed by atoms with van der Waals surface area (Å²) in [6.45, 7) is 0. The normalized spacial score (nSPS) is 15.8. The summed E-state index contributed by atoms with van der Waals surface area (Å²) in [6, 6.07) is 11.5. The molecule has 0 radical (unpaired) electrons. The number of esters is 1. The molecule has 3 aromatic rings. The fourth-order valence-electron chi connectivity index (χ4n) is 3.60. The highest BCUT2D eigenvalue weighted by Gasteiger charge is 2.35. The Morgan fingerprint density at radius 2 is 1.85 bits per heavy atom. The van der Waals surface area contributed by atoms with Crippen LogP contribution in [0.4, 0.5) is 0 Å². The van der Waals surface area contributed by atoms with Crippen LogP contribution in [0.2, 0.25) is 0 Å². The van der Waals surface area contributed by atoms with Crippen molar-refractivity contribution in [2.75, 3.05) is 21.3 Å². The van der Waals surface area contributed by atoms with Crippen molar-refractivity contribution in [3.8, 4) is 23.0 Å². The molecule has 0 bridgehead atoms. The van der Waals surface area contributed by atoms with Gasteiger partial charge in [0, 0.05) is 29.1 Å². The summed E-state index contributed by atoms with van der Waals surface area (Å²) in [4.78, 5) is 16.6. The van der Waals surface area contributed by atoms with Crippen molar-refractivity contribution in [3.63, 3.8) is 0 Å². The predicted octanol–water partition coefficient (Wildman–Crippen LogP) is 3.70. The first-order chi connectivity index (χ1) is 13.2. The summed E-state index contributed by atoms with van der Waals surface area (Å²) in [6.07, 6.45) is 1.97. The molecule has 138 valence electrons. The van der Waals surface area contributed by atoms with Gasteiger partial charge in [0.25, 0.3) is 0 Å². The Kier molecular flexibility index (Phi) is 4.32. The van der Waals surface area contributed by atoms with E-state index in [-0.39, 0.29) is 18.3 Å². The van der Waals surface area contributed by atoms with Crippen molar-refractivity contribution in [1.29, 1.82) is 0 Å². The molecule has 0 fully saturated rings. The van der Waals surface area contributed by atoms with Crippen LogP contribution in [-0.2, 0) is 4.79 Å². The molecule has 0 amide bonds. The maximum absolute atomic E-state index is 12.3. The molecule has 2 aromatic carbocycles. The van der Waals surface area contributed by atoms with Gasteiger partial charge in [0.05, 0.1) is 33.3 Å². The van der Waals surface area contributed by atoms with E-state index in [1.807, 2.05) is 30.3 Å². The number of carbonyl (C=O) groups excluding carboxylic acids is 1. The van der Waals surface area contributed by atoms with Gasteiger partial charge in [-0.2, -0.15) is 0 Å². The molecule has 1 aliphatic heterocycles. The molecular weight excluding hydrogens is 346 g/mol. The van der Waals surface area contributed by atoms with Crippen molar-refractivity contribution >= 4 is 16.9 Å². The molecule has 0 N–H and O–H groups in total. The zero-order valence-electron chi connectivity index (χ0n) is 15.3. The maximum atomic E-state index is 12.3. The van der Waals surface area contributed by atoms with Gasteiger partial charge in [0.2, 0.25) is 5.75 Å². The van der Waals surface area contributed by atoms with Gasteiger partial charge in [0.1, 0.15) is 5.75 Å². The van der Waals surface area contributed by atoms with Crippen molar-refractivity contribution in [2.24, 2.45) is 0 Å². The van der Waals surface area contributed by atoms with Crippen molar-refractivity contribution in [1.82, 2.24) is 4.98 Å². The van der Waals surface area contributed by atoms with Crippen molar-refractivity contribution in [2.45, 2.75) is 12.3 Å². The molecule has 0 saturated carbocycles. The zero-order valence-corrected chi connectivity index (χ0v) is 15.3. The van der Waals surface area contributed by atoms with Gasteiger partial charge in [-0.1, -0.05) is 12.1 Å². The second kappa shape index (κ2) is 6.79. The SMILES string of the molecule is COc1cc2c(c(OC)c1OC)[C@H](c1ccc3ncccc3c1)CC(=O)O2. The summed E-state index contributed by atoms with van der Waals surface area (Å²) >= 11 is 0. The number of methoxy groups -OCH3 is 3. The number of carbonyl (C=O) groups is 1. The number of hydrogen-bond acceptors (Lipinski definition) is 6. The molecule has 0 aliphatic carbocycles. The van der Waals surface area contributed by atoms with E-state index in [2.05, 4.69) is 4.98 Å². The van der Waals surface area contributed by atoms with E-state index in [0.29, 0.717) is 23.0 Å². The lowest BCUT2D eigenvalue weighted by Gasteiger charge is -2.28. The second-order valence-electron chi connectivity index (χ2n) is 6.24. The van der Waals surface area contributed by atoms with Crippen LogP contribution in [0.5, 0.6) is 23.0 Å². The second-order valence-corrected chi connectivity index (χ2v) is 6.24. The minimum atomic E-state index is -0.298. The van der Waals surface area contributed by atoms with Gasteiger partial charge < -0.3 is 18.9 Å². The fraction of sp³-hybridized carbons (Fsp3) is 0.238. The van der Waals surface area contributed by atoms with E-state index in [9.17, 15) is 4.79 Å². The molecule has 1 atom stereocenters. The van der Waals surface area contributed by atoms with Gasteiger partial charge in [0.15, 0.2) is 11.5 Å². The fourth-order valence-corrected chi connectivity index (χ4v) is 3.60. The Morgan fingerprint density at radius 3 is 2.59 bits per heavy atom. The van der Waals surface area contributed by atoms with Crippen LogP contribution in [0.25, 0.3) is 10.9 Å². The third-order valence-electron chi connectivity index (χ3n) is 4.80. The number of benzene rings is 2.